The van der Waals surface area contributed by atoms with E-state index >= 15 is 0 Å². The van der Waals surface area contributed by atoms with Crippen LogP contribution in [0, 0.1) is 0 Å². The Bertz CT molecular complexity index is 51.7. The lowest BCUT2D eigenvalue weighted by Gasteiger charge is -2.02. The molecule has 0 aromatic carbocycles. The SMILES string of the molecule is CCCCP(I)SC. The molecule has 0 saturated carbocycles. The van der Waals surface area contributed by atoms with Gasteiger partial charge in [0.05, 0.1) is 0 Å². The summed E-state index contributed by atoms with van der Waals surface area (Å²) in [6, 6.07) is 0. The summed E-state index contributed by atoms with van der Waals surface area (Å²) in [4.78, 5) is 0. The van der Waals surface area contributed by atoms with Gasteiger partial charge in [-0.3, -0.25) is 0 Å². The van der Waals surface area contributed by atoms with Crippen LogP contribution in [0.1, 0.15) is 19.8 Å². The van der Waals surface area contributed by atoms with E-state index in [1.807, 2.05) is 11.4 Å². The van der Waals surface area contributed by atoms with Gasteiger partial charge in [-0.1, -0.05) is 13.3 Å². The Balaban J connectivity index is 2.86. The van der Waals surface area contributed by atoms with Gasteiger partial charge in [0.25, 0.3) is 0 Å². The van der Waals surface area contributed by atoms with Gasteiger partial charge in [-0.2, -0.15) is 0 Å². The van der Waals surface area contributed by atoms with Gasteiger partial charge in [0.2, 0.25) is 0 Å². The minimum Gasteiger partial charge on any atom is -0.127 e. The van der Waals surface area contributed by atoms with E-state index in [0.717, 1.165) is 0 Å². The first-order chi connectivity index (χ1) is 3.81. The molecular weight excluding hydrogens is 250 g/mol. The van der Waals surface area contributed by atoms with Crippen molar-refractivity contribution in [3.8, 4) is 0 Å². The van der Waals surface area contributed by atoms with Crippen LogP contribution in [0.15, 0.2) is 0 Å². The molecule has 8 heavy (non-hydrogen) atoms. The van der Waals surface area contributed by atoms with E-state index in [-0.39, 0.29) is 0 Å². The van der Waals surface area contributed by atoms with E-state index < -0.39 is 0 Å². The van der Waals surface area contributed by atoms with Crippen LogP contribution < -0.4 is 0 Å². The topological polar surface area (TPSA) is 0 Å². The van der Waals surface area contributed by atoms with Crippen molar-refractivity contribution in [1.82, 2.24) is 0 Å². The van der Waals surface area contributed by atoms with Crippen molar-refractivity contribution in [1.29, 1.82) is 0 Å². The van der Waals surface area contributed by atoms with Crippen molar-refractivity contribution in [3.63, 3.8) is 0 Å². The van der Waals surface area contributed by atoms with Crippen LogP contribution >= 0.6 is 38.2 Å². The quantitative estimate of drug-likeness (QED) is 0.547. The van der Waals surface area contributed by atoms with Crippen molar-refractivity contribution in [2.75, 3.05) is 12.4 Å². The Morgan fingerprint density at radius 3 is 2.62 bits per heavy atom. The smallest absolute Gasteiger partial charge is 0.0181 e. The Morgan fingerprint density at radius 2 is 2.25 bits per heavy atom. The summed E-state index contributed by atoms with van der Waals surface area (Å²) in [5, 5.41) is 0. The molecule has 1 unspecified atom stereocenters. The predicted octanol–water partition coefficient (Wildman–Crippen LogP) is 3.90. The summed E-state index contributed by atoms with van der Waals surface area (Å²) in [6.45, 7) is 2.25. The van der Waals surface area contributed by atoms with Crippen LogP contribution in [-0.4, -0.2) is 12.4 Å². The molecule has 0 aliphatic rings. The van der Waals surface area contributed by atoms with Crippen LogP contribution in [0.25, 0.3) is 0 Å². The third-order valence-electron chi connectivity index (χ3n) is 0.886. The molecule has 0 nitrogen and oxygen atoms in total. The summed E-state index contributed by atoms with van der Waals surface area (Å²) in [7, 11) is 0. The zero-order valence-electron chi connectivity index (χ0n) is 5.35. The Labute approximate surface area is 70.2 Å². The van der Waals surface area contributed by atoms with E-state index in [2.05, 4.69) is 35.2 Å². The molecule has 0 aliphatic carbocycles. The molecule has 0 fully saturated rings. The van der Waals surface area contributed by atoms with E-state index in [1.54, 1.807) is 0 Å². The molecule has 0 bridgehead atoms. The lowest BCUT2D eigenvalue weighted by molar-refractivity contribution is 0.896. The highest BCUT2D eigenvalue weighted by Gasteiger charge is 1.96. The highest BCUT2D eigenvalue weighted by molar-refractivity contribution is 14.2. The second kappa shape index (κ2) is 6.63. The maximum atomic E-state index is 2.56. The molecule has 0 heterocycles. The van der Waals surface area contributed by atoms with Crippen molar-refractivity contribution >= 4 is 38.2 Å². The first-order valence-electron chi connectivity index (χ1n) is 2.78. The van der Waals surface area contributed by atoms with Gasteiger partial charge in [0.1, 0.15) is 0 Å². The zero-order chi connectivity index (χ0) is 6.41. The minimum absolute atomic E-state index is 0.302. The number of hydrogen-bond donors (Lipinski definition) is 0. The molecule has 3 heteroatoms. The van der Waals surface area contributed by atoms with Crippen LogP contribution in [0.3, 0.4) is 0 Å². The van der Waals surface area contributed by atoms with Gasteiger partial charge in [0.15, 0.2) is 0 Å². The first kappa shape index (κ1) is 9.51. The zero-order valence-corrected chi connectivity index (χ0v) is 9.22. The van der Waals surface area contributed by atoms with E-state index in [0.29, 0.717) is 4.77 Å². The van der Waals surface area contributed by atoms with Crippen molar-refractivity contribution in [2.24, 2.45) is 0 Å². The van der Waals surface area contributed by atoms with Crippen LogP contribution in [0.2, 0.25) is 0 Å². The largest absolute Gasteiger partial charge is 0.127 e. The average molecular weight is 262 g/mol. The van der Waals surface area contributed by atoms with Gasteiger partial charge in [-0.25, -0.2) is 0 Å². The first-order valence-corrected chi connectivity index (χ1v) is 8.93. The number of rotatable bonds is 4. The molecule has 0 rings (SSSR count). The molecular formula is C5H12IPS. The highest BCUT2D eigenvalue weighted by atomic mass is 127. The van der Waals surface area contributed by atoms with Crippen LogP contribution in [0.5, 0.6) is 0 Å². The van der Waals surface area contributed by atoms with E-state index in [4.69, 9.17) is 0 Å². The monoisotopic (exact) mass is 262 g/mol. The maximum Gasteiger partial charge on any atom is 0.0181 e. The Kier molecular flexibility index (Phi) is 7.88. The second-order valence-corrected chi connectivity index (χ2v) is 10.9. The number of hydrogen-bond acceptors (Lipinski definition) is 1. The Hall–Kier alpha value is 1.51. The van der Waals surface area contributed by atoms with E-state index in [9.17, 15) is 0 Å². The molecule has 0 N–H and O–H groups in total. The van der Waals surface area contributed by atoms with Crippen molar-refractivity contribution in [3.05, 3.63) is 0 Å². The number of unbranched alkanes of at least 4 members (excludes halogenated alkanes) is 1. The summed E-state index contributed by atoms with van der Waals surface area (Å²) in [6.07, 6.45) is 6.40. The molecule has 1 atom stereocenters. The lowest BCUT2D eigenvalue weighted by atomic mass is 10.4. The van der Waals surface area contributed by atoms with Crippen LogP contribution in [-0.2, 0) is 0 Å². The third-order valence-corrected chi connectivity index (χ3v) is 8.68. The van der Waals surface area contributed by atoms with Crippen molar-refractivity contribution in [2.45, 2.75) is 19.8 Å². The summed E-state index contributed by atoms with van der Waals surface area (Å²) >= 11 is 4.57. The lowest BCUT2D eigenvalue weighted by Crippen LogP contribution is -1.72. The summed E-state index contributed by atoms with van der Waals surface area (Å²) < 4.78 is 0.302. The molecule has 0 amide bonds. The van der Waals surface area contributed by atoms with Crippen LogP contribution in [0.4, 0.5) is 0 Å². The van der Waals surface area contributed by atoms with Gasteiger partial charge in [0, 0.05) is 4.77 Å². The molecule has 0 aromatic rings. The van der Waals surface area contributed by atoms with Gasteiger partial charge in [-0.05, 0) is 40.9 Å². The minimum atomic E-state index is 0.302. The third kappa shape index (κ3) is 5.64. The number of halogens is 1. The van der Waals surface area contributed by atoms with Gasteiger partial charge in [-0.15, -0.1) is 11.4 Å². The standard InChI is InChI=1S/C5H12IPS/c1-3-4-5-7(6)8-2/h3-5H2,1-2H3. The maximum absolute atomic E-state index is 2.56. The molecule has 50 valence electrons. The normalized spacial score (nSPS) is 13.9. The molecule has 0 aliphatic heterocycles. The van der Waals surface area contributed by atoms with Gasteiger partial charge >= 0.3 is 0 Å². The second-order valence-electron chi connectivity index (χ2n) is 1.58. The van der Waals surface area contributed by atoms with Crippen molar-refractivity contribution < 1.29 is 0 Å². The molecule has 0 spiro atoms. The average Bonchev–Trinajstić information content (AvgIpc) is 1.83. The fourth-order valence-electron chi connectivity index (χ4n) is 0.374. The fraction of sp³-hybridized carbons (Fsp3) is 1.00. The fourth-order valence-corrected chi connectivity index (χ4v) is 3.08. The molecule has 0 radical (unpaired) electrons. The Morgan fingerprint density at radius 1 is 1.62 bits per heavy atom. The highest BCUT2D eigenvalue weighted by Crippen LogP contribution is 2.56. The molecule has 0 aromatic heterocycles. The molecule has 0 saturated heterocycles. The summed E-state index contributed by atoms with van der Waals surface area (Å²) in [5.74, 6) is 0. The summed E-state index contributed by atoms with van der Waals surface area (Å²) in [5.41, 5.74) is 0. The van der Waals surface area contributed by atoms with Gasteiger partial charge < -0.3 is 0 Å². The predicted molar refractivity (Wildman–Crippen MR) is 54.2 cm³/mol. The van der Waals surface area contributed by atoms with E-state index in [1.165, 1.54) is 19.0 Å².